The lowest BCUT2D eigenvalue weighted by Crippen LogP contribution is -2.43. The van der Waals surface area contributed by atoms with Crippen LogP contribution in [0.15, 0.2) is 54.6 Å². The van der Waals surface area contributed by atoms with Gasteiger partial charge in [-0.2, -0.15) is 0 Å². The SMILES string of the molecule is CC1(CNC(=O)c2ccccc2COc2ccccc2)CCNCC1. The van der Waals surface area contributed by atoms with Gasteiger partial charge in [0.1, 0.15) is 12.4 Å². The molecule has 2 aromatic rings. The van der Waals surface area contributed by atoms with Crippen molar-refractivity contribution < 1.29 is 9.53 Å². The Balaban J connectivity index is 1.62. The highest BCUT2D eigenvalue weighted by Crippen LogP contribution is 2.27. The predicted molar refractivity (Wildman–Crippen MR) is 99.8 cm³/mol. The van der Waals surface area contributed by atoms with E-state index in [-0.39, 0.29) is 11.3 Å². The molecule has 1 fully saturated rings. The van der Waals surface area contributed by atoms with Gasteiger partial charge in [0.15, 0.2) is 0 Å². The minimum atomic E-state index is -0.0213. The highest BCUT2D eigenvalue weighted by atomic mass is 16.5. The second-order valence-corrected chi connectivity index (χ2v) is 7.00. The van der Waals surface area contributed by atoms with Gasteiger partial charge in [-0.1, -0.05) is 43.3 Å². The van der Waals surface area contributed by atoms with Crippen molar-refractivity contribution in [3.05, 3.63) is 65.7 Å². The zero-order valence-corrected chi connectivity index (χ0v) is 14.8. The van der Waals surface area contributed by atoms with Gasteiger partial charge in [0, 0.05) is 17.7 Å². The van der Waals surface area contributed by atoms with Crippen molar-refractivity contribution in [2.75, 3.05) is 19.6 Å². The fourth-order valence-electron chi connectivity index (χ4n) is 3.14. The van der Waals surface area contributed by atoms with Gasteiger partial charge in [-0.15, -0.1) is 0 Å². The summed E-state index contributed by atoms with van der Waals surface area (Å²) in [7, 11) is 0. The molecule has 1 heterocycles. The van der Waals surface area contributed by atoms with E-state index in [2.05, 4.69) is 17.6 Å². The first kappa shape index (κ1) is 17.5. The minimum absolute atomic E-state index is 0.0213. The van der Waals surface area contributed by atoms with Gasteiger partial charge >= 0.3 is 0 Å². The molecular weight excluding hydrogens is 312 g/mol. The molecule has 1 saturated heterocycles. The number of hydrogen-bond donors (Lipinski definition) is 2. The van der Waals surface area contributed by atoms with Crippen molar-refractivity contribution >= 4 is 5.91 Å². The van der Waals surface area contributed by atoms with Crippen LogP contribution in [0, 0.1) is 5.41 Å². The Bertz CT molecular complexity index is 694. The third-order valence-electron chi connectivity index (χ3n) is 4.89. The molecule has 132 valence electrons. The summed E-state index contributed by atoms with van der Waals surface area (Å²) in [6, 6.07) is 17.3. The summed E-state index contributed by atoms with van der Waals surface area (Å²) < 4.78 is 5.81. The first-order valence-corrected chi connectivity index (χ1v) is 8.91. The molecule has 0 aliphatic carbocycles. The van der Waals surface area contributed by atoms with E-state index in [1.807, 2.05) is 54.6 Å². The number of amides is 1. The number of hydrogen-bond acceptors (Lipinski definition) is 3. The Morgan fingerprint density at radius 1 is 1.08 bits per heavy atom. The highest BCUT2D eigenvalue weighted by molar-refractivity contribution is 5.95. The van der Waals surface area contributed by atoms with Crippen molar-refractivity contribution in [1.82, 2.24) is 10.6 Å². The molecule has 0 bridgehead atoms. The molecule has 4 nitrogen and oxygen atoms in total. The van der Waals surface area contributed by atoms with Crippen LogP contribution in [-0.2, 0) is 6.61 Å². The van der Waals surface area contributed by atoms with Crippen LogP contribution in [0.4, 0.5) is 0 Å². The summed E-state index contributed by atoms with van der Waals surface area (Å²) in [6.07, 6.45) is 2.18. The molecule has 0 unspecified atom stereocenters. The van der Waals surface area contributed by atoms with Gasteiger partial charge in [0.2, 0.25) is 0 Å². The maximum absolute atomic E-state index is 12.7. The maximum Gasteiger partial charge on any atom is 0.251 e. The third-order valence-corrected chi connectivity index (χ3v) is 4.89. The molecule has 1 amide bonds. The first-order chi connectivity index (χ1) is 12.2. The van der Waals surface area contributed by atoms with E-state index in [9.17, 15) is 4.79 Å². The lowest BCUT2D eigenvalue weighted by atomic mass is 9.81. The average Bonchev–Trinajstić information content (AvgIpc) is 2.66. The number of carbonyl (C=O) groups excluding carboxylic acids is 1. The predicted octanol–water partition coefficient (Wildman–Crippen LogP) is 3.39. The molecular formula is C21H26N2O2. The Labute approximate surface area is 149 Å². The van der Waals surface area contributed by atoms with Crippen LogP contribution >= 0.6 is 0 Å². The molecule has 1 aliphatic heterocycles. The molecule has 2 N–H and O–H groups in total. The number of rotatable bonds is 6. The third kappa shape index (κ3) is 4.83. The minimum Gasteiger partial charge on any atom is -0.489 e. The van der Waals surface area contributed by atoms with Crippen LogP contribution in [0.25, 0.3) is 0 Å². The van der Waals surface area contributed by atoms with Gasteiger partial charge in [-0.25, -0.2) is 0 Å². The maximum atomic E-state index is 12.7. The Hall–Kier alpha value is -2.33. The van der Waals surface area contributed by atoms with Gasteiger partial charge in [-0.05, 0) is 49.5 Å². The normalized spacial score (nSPS) is 16.2. The monoisotopic (exact) mass is 338 g/mol. The summed E-state index contributed by atoms with van der Waals surface area (Å²) in [5.41, 5.74) is 1.77. The molecule has 2 aromatic carbocycles. The molecule has 0 spiro atoms. The zero-order chi connectivity index (χ0) is 17.5. The fourth-order valence-corrected chi connectivity index (χ4v) is 3.14. The summed E-state index contributed by atoms with van der Waals surface area (Å²) in [5, 5.41) is 6.50. The van der Waals surface area contributed by atoms with E-state index in [4.69, 9.17) is 4.74 Å². The standard InChI is InChI=1S/C21H26N2O2/c1-21(11-13-22-14-12-21)16-23-20(24)19-10-6-5-7-17(19)15-25-18-8-3-2-4-9-18/h2-10,22H,11-16H2,1H3,(H,23,24). The molecule has 4 heteroatoms. The van der Waals surface area contributed by atoms with E-state index in [1.54, 1.807) is 0 Å². The molecule has 1 aliphatic rings. The summed E-state index contributed by atoms with van der Waals surface area (Å²) >= 11 is 0. The zero-order valence-electron chi connectivity index (χ0n) is 14.8. The second-order valence-electron chi connectivity index (χ2n) is 7.00. The van der Waals surface area contributed by atoms with Gasteiger partial charge in [-0.3, -0.25) is 4.79 Å². The largest absolute Gasteiger partial charge is 0.489 e. The molecule has 3 rings (SSSR count). The smallest absolute Gasteiger partial charge is 0.251 e. The van der Waals surface area contributed by atoms with E-state index in [0.717, 1.165) is 37.2 Å². The number of piperidine rings is 1. The van der Waals surface area contributed by atoms with Crippen molar-refractivity contribution in [1.29, 1.82) is 0 Å². The molecule has 0 radical (unpaired) electrons. The Morgan fingerprint density at radius 2 is 1.76 bits per heavy atom. The van der Waals surface area contributed by atoms with Crippen LogP contribution in [0.1, 0.15) is 35.7 Å². The molecule has 0 saturated carbocycles. The Kier molecular flexibility index (Phi) is 5.71. The van der Waals surface area contributed by atoms with Crippen LogP contribution in [0.2, 0.25) is 0 Å². The quantitative estimate of drug-likeness (QED) is 0.849. The second kappa shape index (κ2) is 8.17. The summed E-state index contributed by atoms with van der Waals surface area (Å²) in [5.74, 6) is 0.784. The Morgan fingerprint density at radius 3 is 2.52 bits per heavy atom. The van der Waals surface area contributed by atoms with Crippen LogP contribution in [0.3, 0.4) is 0 Å². The van der Waals surface area contributed by atoms with E-state index in [1.165, 1.54) is 0 Å². The number of benzene rings is 2. The molecule has 0 atom stereocenters. The van der Waals surface area contributed by atoms with Crippen molar-refractivity contribution in [2.24, 2.45) is 5.41 Å². The molecule has 0 aromatic heterocycles. The van der Waals surface area contributed by atoms with E-state index >= 15 is 0 Å². The van der Waals surface area contributed by atoms with Crippen LogP contribution < -0.4 is 15.4 Å². The highest BCUT2D eigenvalue weighted by Gasteiger charge is 2.27. The number of carbonyl (C=O) groups is 1. The first-order valence-electron chi connectivity index (χ1n) is 8.91. The van der Waals surface area contributed by atoms with Crippen molar-refractivity contribution in [3.8, 4) is 5.75 Å². The van der Waals surface area contributed by atoms with Gasteiger partial charge in [0.25, 0.3) is 5.91 Å². The summed E-state index contributed by atoms with van der Waals surface area (Å²) in [4.78, 5) is 12.7. The average molecular weight is 338 g/mol. The van der Waals surface area contributed by atoms with E-state index < -0.39 is 0 Å². The van der Waals surface area contributed by atoms with Crippen molar-refractivity contribution in [3.63, 3.8) is 0 Å². The number of para-hydroxylation sites is 1. The number of ether oxygens (including phenoxy) is 1. The lowest BCUT2D eigenvalue weighted by molar-refractivity contribution is 0.0919. The van der Waals surface area contributed by atoms with Crippen molar-refractivity contribution in [2.45, 2.75) is 26.4 Å². The lowest BCUT2D eigenvalue weighted by Gasteiger charge is -2.34. The van der Waals surface area contributed by atoms with Crippen LogP contribution in [-0.4, -0.2) is 25.5 Å². The fraction of sp³-hybridized carbons (Fsp3) is 0.381. The van der Waals surface area contributed by atoms with Crippen LogP contribution in [0.5, 0.6) is 5.75 Å². The van der Waals surface area contributed by atoms with Gasteiger partial charge in [0.05, 0.1) is 0 Å². The van der Waals surface area contributed by atoms with E-state index in [0.29, 0.717) is 18.7 Å². The summed E-state index contributed by atoms with van der Waals surface area (Å²) in [6.45, 7) is 5.39. The topological polar surface area (TPSA) is 50.4 Å². The number of nitrogens with one attached hydrogen (secondary N) is 2. The molecule has 25 heavy (non-hydrogen) atoms. The van der Waals surface area contributed by atoms with Gasteiger partial charge < -0.3 is 15.4 Å².